The highest BCUT2D eigenvalue weighted by molar-refractivity contribution is 8.00. The second-order valence-corrected chi connectivity index (χ2v) is 5.53. The molecule has 1 unspecified atom stereocenters. The van der Waals surface area contributed by atoms with Gasteiger partial charge in [0.05, 0.1) is 11.7 Å². The van der Waals surface area contributed by atoms with E-state index in [1.165, 1.54) is 4.90 Å². The summed E-state index contributed by atoms with van der Waals surface area (Å²) in [6.45, 7) is 1.25. The molecule has 1 aliphatic heterocycles. The van der Waals surface area contributed by atoms with Crippen LogP contribution in [-0.4, -0.2) is 54.2 Å². The second kappa shape index (κ2) is 7.72. The second-order valence-electron chi connectivity index (χ2n) is 4.49. The lowest BCUT2D eigenvalue weighted by molar-refractivity contribution is -0.133. The fourth-order valence-corrected chi connectivity index (χ4v) is 2.46. The molecule has 9 heteroatoms. The van der Waals surface area contributed by atoms with Crippen molar-refractivity contribution >= 4 is 23.6 Å². The molecule has 0 aromatic rings. The van der Waals surface area contributed by atoms with Crippen LogP contribution in [0.5, 0.6) is 0 Å². The Kier molecular flexibility index (Phi) is 6.60. The summed E-state index contributed by atoms with van der Waals surface area (Å²) in [5.41, 5.74) is 0.860. The number of carbonyl (C=O) groups is 2. The van der Waals surface area contributed by atoms with Crippen molar-refractivity contribution in [3.63, 3.8) is 0 Å². The van der Waals surface area contributed by atoms with E-state index in [-0.39, 0.29) is 30.1 Å². The zero-order valence-corrected chi connectivity index (χ0v) is 11.7. The Balaban J connectivity index is 2.43. The van der Waals surface area contributed by atoms with Gasteiger partial charge in [0.25, 0.3) is 0 Å². The van der Waals surface area contributed by atoms with E-state index in [0.29, 0.717) is 32.5 Å². The Morgan fingerprint density at radius 3 is 2.70 bits per heavy atom. The van der Waals surface area contributed by atoms with Gasteiger partial charge in [0.1, 0.15) is 0 Å². The predicted molar refractivity (Wildman–Crippen MR) is 69.9 cm³/mol. The van der Waals surface area contributed by atoms with Crippen molar-refractivity contribution in [3.05, 3.63) is 0 Å². The molecule has 0 aromatic carbocycles. The number of carbonyl (C=O) groups excluding carboxylic acids is 2. The number of hydrogen-bond acceptors (Lipinski definition) is 4. The van der Waals surface area contributed by atoms with Crippen molar-refractivity contribution in [3.8, 4) is 0 Å². The molecule has 0 bridgehead atoms. The number of hydrogen-bond donors (Lipinski definition) is 2. The Morgan fingerprint density at radius 2 is 2.10 bits per heavy atom. The smallest absolute Gasteiger partial charge is 0.355 e. The van der Waals surface area contributed by atoms with Crippen LogP contribution in [0, 0.1) is 5.92 Å². The SMILES string of the molecule is NCCNC(=O)C1CCCN(C(=O)CSC(F)(F)F)C1. The molecule has 1 heterocycles. The molecule has 3 N–H and O–H groups in total. The Labute approximate surface area is 119 Å². The van der Waals surface area contributed by atoms with E-state index in [0.717, 1.165) is 0 Å². The van der Waals surface area contributed by atoms with Crippen molar-refractivity contribution in [2.75, 3.05) is 31.9 Å². The number of thioether (sulfide) groups is 1. The average Bonchev–Trinajstić information content (AvgIpc) is 2.41. The van der Waals surface area contributed by atoms with Crippen LogP contribution in [-0.2, 0) is 9.59 Å². The number of amides is 2. The van der Waals surface area contributed by atoms with Gasteiger partial charge in [-0.2, -0.15) is 13.2 Å². The number of halogens is 3. The third kappa shape index (κ3) is 6.00. The van der Waals surface area contributed by atoms with Gasteiger partial charge in [-0.1, -0.05) is 0 Å². The lowest BCUT2D eigenvalue weighted by Gasteiger charge is -2.32. The fraction of sp³-hybridized carbons (Fsp3) is 0.818. The number of piperidine rings is 1. The third-order valence-electron chi connectivity index (χ3n) is 2.95. The summed E-state index contributed by atoms with van der Waals surface area (Å²) < 4.78 is 36.1. The van der Waals surface area contributed by atoms with Crippen LogP contribution in [0.15, 0.2) is 0 Å². The monoisotopic (exact) mass is 313 g/mol. The van der Waals surface area contributed by atoms with E-state index in [2.05, 4.69) is 5.32 Å². The molecule has 2 amide bonds. The first kappa shape index (κ1) is 17.1. The molecule has 1 atom stereocenters. The molecule has 20 heavy (non-hydrogen) atoms. The summed E-state index contributed by atoms with van der Waals surface area (Å²) in [4.78, 5) is 24.8. The minimum Gasteiger partial charge on any atom is -0.355 e. The summed E-state index contributed by atoms with van der Waals surface area (Å²) in [5, 5.41) is 2.63. The summed E-state index contributed by atoms with van der Waals surface area (Å²) in [5.74, 6) is -1.78. The zero-order chi connectivity index (χ0) is 15.2. The molecular weight excluding hydrogens is 295 g/mol. The van der Waals surface area contributed by atoms with Gasteiger partial charge < -0.3 is 16.0 Å². The topological polar surface area (TPSA) is 75.4 Å². The standard InChI is InChI=1S/C11H18F3N3O2S/c12-11(13,14)20-7-9(18)17-5-1-2-8(6-17)10(19)16-4-3-15/h8H,1-7,15H2,(H,16,19). The number of alkyl halides is 3. The summed E-state index contributed by atoms with van der Waals surface area (Å²) in [6.07, 6.45) is 1.25. The van der Waals surface area contributed by atoms with Gasteiger partial charge in [-0.3, -0.25) is 9.59 Å². The number of nitrogens with two attached hydrogens (primary N) is 1. The first-order valence-corrected chi connectivity index (χ1v) is 7.28. The lowest BCUT2D eigenvalue weighted by Crippen LogP contribution is -2.46. The van der Waals surface area contributed by atoms with Crippen molar-refractivity contribution in [2.45, 2.75) is 18.3 Å². The normalized spacial score (nSPS) is 19.8. The predicted octanol–water partition coefficient (Wildman–Crippen LogP) is 0.553. The van der Waals surface area contributed by atoms with E-state index in [1.54, 1.807) is 0 Å². The Hall–Kier alpha value is -0.960. The minimum absolute atomic E-state index is 0.174. The largest absolute Gasteiger partial charge is 0.442 e. The highest BCUT2D eigenvalue weighted by Gasteiger charge is 2.32. The van der Waals surface area contributed by atoms with Gasteiger partial charge >= 0.3 is 5.51 Å². The minimum atomic E-state index is -4.41. The van der Waals surface area contributed by atoms with Gasteiger partial charge in [-0.15, -0.1) is 0 Å². The van der Waals surface area contributed by atoms with Crippen LogP contribution in [0.1, 0.15) is 12.8 Å². The quantitative estimate of drug-likeness (QED) is 0.777. The van der Waals surface area contributed by atoms with E-state index >= 15 is 0 Å². The van der Waals surface area contributed by atoms with Crippen molar-refractivity contribution in [2.24, 2.45) is 11.7 Å². The summed E-state index contributed by atoms with van der Waals surface area (Å²) in [7, 11) is 0. The van der Waals surface area contributed by atoms with Gasteiger partial charge in [0, 0.05) is 26.2 Å². The summed E-state index contributed by atoms with van der Waals surface area (Å²) in [6, 6.07) is 0. The van der Waals surface area contributed by atoms with E-state index in [9.17, 15) is 22.8 Å². The first-order chi connectivity index (χ1) is 9.33. The Bertz CT molecular complexity index is 352. The molecule has 116 valence electrons. The van der Waals surface area contributed by atoms with Gasteiger partial charge in [-0.25, -0.2) is 0 Å². The van der Waals surface area contributed by atoms with Crippen LogP contribution >= 0.6 is 11.8 Å². The maximum Gasteiger partial charge on any atom is 0.442 e. The number of nitrogens with one attached hydrogen (secondary N) is 1. The molecule has 0 aromatic heterocycles. The molecule has 1 saturated heterocycles. The van der Waals surface area contributed by atoms with E-state index in [1.807, 2.05) is 0 Å². The average molecular weight is 313 g/mol. The van der Waals surface area contributed by atoms with Gasteiger partial charge in [-0.05, 0) is 24.6 Å². The highest BCUT2D eigenvalue weighted by atomic mass is 32.2. The number of nitrogens with zero attached hydrogens (tertiary/aromatic N) is 1. The summed E-state index contributed by atoms with van der Waals surface area (Å²) >= 11 is -0.349. The van der Waals surface area contributed by atoms with Crippen LogP contribution in [0.3, 0.4) is 0 Å². The maximum absolute atomic E-state index is 12.0. The molecule has 0 aliphatic carbocycles. The highest BCUT2D eigenvalue weighted by Crippen LogP contribution is 2.30. The lowest BCUT2D eigenvalue weighted by atomic mass is 9.97. The zero-order valence-electron chi connectivity index (χ0n) is 10.9. The number of rotatable bonds is 5. The first-order valence-electron chi connectivity index (χ1n) is 6.29. The third-order valence-corrected chi connectivity index (χ3v) is 3.67. The van der Waals surface area contributed by atoms with Crippen molar-refractivity contribution in [1.29, 1.82) is 0 Å². The molecule has 1 rings (SSSR count). The van der Waals surface area contributed by atoms with Gasteiger partial charge in [0.2, 0.25) is 11.8 Å². The van der Waals surface area contributed by atoms with Crippen LogP contribution in [0.4, 0.5) is 13.2 Å². The molecular formula is C11H18F3N3O2S. The molecule has 0 radical (unpaired) electrons. The van der Waals surface area contributed by atoms with E-state index < -0.39 is 17.2 Å². The van der Waals surface area contributed by atoms with Crippen LogP contribution in [0.25, 0.3) is 0 Å². The number of likely N-dealkylation sites (tertiary alicyclic amines) is 1. The van der Waals surface area contributed by atoms with Crippen LogP contribution < -0.4 is 11.1 Å². The molecule has 1 fully saturated rings. The maximum atomic E-state index is 12.0. The molecule has 0 saturated carbocycles. The molecule has 5 nitrogen and oxygen atoms in total. The molecule has 1 aliphatic rings. The van der Waals surface area contributed by atoms with Crippen molar-refractivity contribution in [1.82, 2.24) is 10.2 Å². The fourth-order valence-electron chi connectivity index (χ4n) is 1.99. The van der Waals surface area contributed by atoms with Crippen LogP contribution in [0.2, 0.25) is 0 Å². The van der Waals surface area contributed by atoms with Crippen molar-refractivity contribution < 1.29 is 22.8 Å². The van der Waals surface area contributed by atoms with E-state index in [4.69, 9.17) is 5.73 Å². The molecule has 0 spiro atoms. The Morgan fingerprint density at radius 1 is 1.40 bits per heavy atom. The van der Waals surface area contributed by atoms with Gasteiger partial charge in [0.15, 0.2) is 0 Å².